The van der Waals surface area contributed by atoms with Gasteiger partial charge in [0.15, 0.2) is 0 Å². The normalized spacial score (nSPS) is 22.2. The summed E-state index contributed by atoms with van der Waals surface area (Å²) in [5.41, 5.74) is 1.33. The summed E-state index contributed by atoms with van der Waals surface area (Å²) in [6, 6.07) is 15.6. The fraction of sp³-hybridized carbons (Fsp3) is 0.522. The molecule has 0 unspecified atom stereocenters. The highest BCUT2D eigenvalue weighted by molar-refractivity contribution is 7.99. The molecule has 3 nitrogen and oxygen atoms in total. The van der Waals surface area contributed by atoms with E-state index in [2.05, 4.69) is 47.0 Å². The molecule has 2 aliphatic heterocycles. The molecule has 2 aromatic rings. The van der Waals surface area contributed by atoms with Crippen LogP contribution >= 0.6 is 23.1 Å². The zero-order chi connectivity index (χ0) is 19.3. The second-order valence-electron chi connectivity index (χ2n) is 8.04. The third-order valence-electron chi connectivity index (χ3n) is 6.38. The predicted octanol–water partition coefficient (Wildman–Crippen LogP) is 4.65. The average Bonchev–Trinajstić information content (AvgIpc) is 3.46. The van der Waals surface area contributed by atoms with E-state index in [0.29, 0.717) is 5.92 Å². The number of piperidine rings is 1. The van der Waals surface area contributed by atoms with E-state index in [0.717, 1.165) is 17.3 Å². The lowest BCUT2D eigenvalue weighted by Gasteiger charge is -2.41. The highest BCUT2D eigenvalue weighted by Crippen LogP contribution is 2.31. The van der Waals surface area contributed by atoms with Crippen molar-refractivity contribution in [3.8, 4) is 0 Å². The maximum atomic E-state index is 13.1. The van der Waals surface area contributed by atoms with Crippen molar-refractivity contribution < 1.29 is 4.79 Å². The third-order valence-corrected chi connectivity index (χ3v) is 8.38. The van der Waals surface area contributed by atoms with Gasteiger partial charge in [0.05, 0.1) is 4.88 Å². The van der Waals surface area contributed by atoms with Crippen LogP contribution in [0.2, 0.25) is 0 Å². The first-order valence-electron chi connectivity index (χ1n) is 10.4. The fourth-order valence-corrected chi connectivity index (χ4v) is 6.64. The smallest absolute Gasteiger partial charge is 0.263 e. The molecular formula is C23H30N2OS2. The van der Waals surface area contributed by atoms with Crippen molar-refractivity contribution in [3.05, 3.63) is 58.3 Å². The van der Waals surface area contributed by atoms with Crippen molar-refractivity contribution >= 4 is 29.0 Å². The SMILES string of the molecule is CN(C(=O)c1cccs1)[C@@H](Cc1ccccc1)C1CCN([C@@H]2CCSC2)CC1. The Morgan fingerprint density at radius 1 is 1.14 bits per heavy atom. The minimum absolute atomic E-state index is 0.172. The summed E-state index contributed by atoms with van der Waals surface area (Å²) in [6.45, 7) is 2.37. The highest BCUT2D eigenvalue weighted by Gasteiger charge is 2.34. The Kier molecular flexibility index (Phi) is 6.76. The molecule has 0 aliphatic carbocycles. The molecule has 0 N–H and O–H groups in total. The number of amides is 1. The van der Waals surface area contributed by atoms with Gasteiger partial charge < -0.3 is 4.90 Å². The van der Waals surface area contributed by atoms with E-state index in [9.17, 15) is 4.79 Å². The zero-order valence-corrected chi connectivity index (χ0v) is 18.3. The van der Waals surface area contributed by atoms with Crippen LogP contribution in [-0.2, 0) is 6.42 Å². The molecular weight excluding hydrogens is 384 g/mol. The molecule has 4 rings (SSSR count). The molecule has 2 atom stereocenters. The van der Waals surface area contributed by atoms with Crippen LogP contribution in [0.3, 0.4) is 0 Å². The minimum Gasteiger partial charge on any atom is -0.337 e. The van der Waals surface area contributed by atoms with Crippen LogP contribution in [0.4, 0.5) is 0 Å². The first-order chi connectivity index (χ1) is 13.7. The lowest BCUT2D eigenvalue weighted by Crippen LogP contribution is -2.49. The van der Waals surface area contributed by atoms with Crippen LogP contribution in [0.5, 0.6) is 0 Å². The molecule has 2 aliphatic rings. The molecule has 1 aromatic heterocycles. The molecule has 28 heavy (non-hydrogen) atoms. The van der Waals surface area contributed by atoms with Crippen LogP contribution in [-0.4, -0.2) is 59.4 Å². The van der Waals surface area contributed by atoms with E-state index in [1.165, 1.54) is 49.4 Å². The number of thioether (sulfide) groups is 1. The van der Waals surface area contributed by atoms with E-state index >= 15 is 0 Å². The number of hydrogen-bond donors (Lipinski definition) is 0. The molecule has 150 valence electrons. The summed E-state index contributed by atoms with van der Waals surface area (Å²) in [7, 11) is 2.01. The van der Waals surface area contributed by atoms with E-state index < -0.39 is 0 Å². The molecule has 2 fully saturated rings. The summed E-state index contributed by atoms with van der Waals surface area (Å²) in [4.78, 5) is 18.7. The number of likely N-dealkylation sites (N-methyl/N-ethyl adjacent to an activating group) is 1. The number of rotatable bonds is 6. The second kappa shape index (κ2) is 9.47. The fourth-order valence-electron chi connectivity index (χ4n) is 4.68. The first-order valence-corrected chi connectivity index (χ1v) is 12.4. The Morgan fingerprint density at radius 3 is 2.57 bits per heavy atom. The molecule has 0 radical (unpaired) electrons. The molecule has 2 saturated heterocycles. The summed E-state index contributed by atoms with van der Waals surface area (Å²) in [5.74, 6) is 3.36. The van der Waals surface area contributed by atoms with E-state index in [4.69, 9.17) is 0 Å². The topological polar surface area (TPSA) is 23.6 Å². The van der Waals surface area contributed by atoms with E-state index in [-0.39, 0.29) is 11.9 Å². The van der Waals surface area contributed by atoms with Crippen LogP contribution < -0.4 is 0 Å². The van der Waals surface area contributed by atoms with E-state index in [1.807, 2.05) is 29.5 Å². The molecule has 0 saturated carbocycles. The average molecular weight is 415 g/mol. The minimum atomic E-state index is 0.172. The van der Waals surface area contributed by atoms with Gasteiger partial charge in [0.2, 0.25) is 0 Å². The van der Waals surface area contributed by atoms with Crippen LogP contribution in [0.15, 0.2) is 47.8 Å². The first kappa shape index (κ1) is 20.0. The standard InChI is InChI=1S/C23H30N2OS2/c1-24(23(26)22-8-5-14-28-22)21(16-18-6-3-2-4-7-18)19-9-12-25(13-10-19)20-11-15-27-17-20/h2-8,14,19-21H,9-13,15-17H2,1H3/t20-,21+/m1/s1. The Balaban J connectivity index is 1.47. The summed E-state index contributed by atoms with van der Waals surface area (Å²) >= 11 is 3.64. The molecule has 1 aromatic carbocycles. The number of likely N-dealkylation sites (tertiary alicyclic amines) is 1. The summed E-state index contributed by atoms with van der Waals surface area (Å²) in [5, 5.41) is 1.99. The van der Waals surface area contributed by atoms with Crippen molar-refractivity contribution in [3.63, 3.8) is 0 Å². The van der Waals surface area contributed by atoms with Crippen molar-refractivity contribution in [2.45, 2.75) is 37.8 Å². The molecule has 1 amide bonds. The maximum Gasteiger partial charge on any atom is 0.263 e. The highest BCUT2D eigenvalue weighted by atomic mass is 32.2. The molecule has 3 heterocycles. The zero-order valence-electron chi connectivity index (χ0n) is 16.6. The van der Waals surface area contributed by atoms with Gasteiger partial charge in [-0.25, -0.2) is 0 Å². The van der Waals surface area contributed by atoms with Gasteiger partial charge in [-0.1, -0.05) is 36.4 Å². The Morgan fingerprint density at radius 2 is 1.93 bits per heavy atom. The van der Waals surface area contributed by atoms with Gasteiger partial charge in [0.25, 0.3) is 5.91 Å². The van der Waals surface area contributed by atoms with Gasteiger partial charge in [-0.15, -0.1) is 11.3 Å². The number of carbonyl (C=O) groups is 1. The lowest BCUT2D eigenvalue weighted by molar-refractivity contribution is 0.0561. The van der Waals surface area contributed by atoms with Gasteiger partial charge in [-0.05, 0) is 67.5 Å². The van der Waals surface area contributed by atoms with Gasteiger partial charge in [0.1, 0.15) is 0 Å². The molecule has 0 bridgehead atoms. The monoisotopic (exact) mass is 414 g/mol. The van der Waals surface area contributed by atoms with Crippen LogP contribution in [0.1, 0.15) is 34.5 Å². The Labute approximate surface area is 177 Å². The number of nitrogens with zero attached hydrogens (tertiary/aromatic N) is 2. The number of carbonyl (C=O) groups excluding carboxylic acids is 1. The Hall–Kier alpha value is -1.30. The van der Waals surface area contributed by atoms with Gasteiger partial charge in [-0.3, -0.25) is 9.69 Å². The van der Waals surface area contributed by atoms with Crippen molar-refractivity contribution in [2.24, 2.45) is 5.92 Å². The maximum absolute atomic E-state index is 13.1. The van der Waals surface area contributed by atoms with Crippen molar-refractivity contribution in [2.75, 3.05) is 31.6 Å². The molecule has 5 heteroatoms. The largest absolute Gasteiger partial charge is 0.337 e. The van der Waals surface area contributed by atoms with Crippen molar-refractivity contribution in [1.82, 2.24) is 9.80 Å². The quantitative estimate of drug-likeness (QED) is 0.687. The van der Waals surface area contributed by atoms with Crippen molar-refractivity contribution in [1.29, 1.82) is 0 Å². The number of benzene rings is 1. The number of thiophene rings is 1. The van der Waals surface area contributed by atoms with Crippen LogP contribution in [0, 0.1) is 5.92 Å². The van der Waals surface area contributed by atoms with Gasteiger partial charge in [-0.2, -0.15) is 11.8 Å². The lowest BCUT2D eigenvalue weighted by atomic mass is 9.84. The molecule has 0 spiro atoms. The summed E-state index contributed by atoms with van der Waals surface area (Å²) < 4.78 is 0. The third kappa shape index (κ3) is 4.64. The second-order valence-corrected chi connectivity index (χ2v) is 10.1. The van der Waals surface area contributed by atoms with Crippen LogP contribution in [0.25, 0.3) is 0 Å². The van der Waals surface area contributed by atoms with Gasteiger partial charge in [0, 0.05) is 24.9 Å². The Bertz CT molecular complexity index is 735. The predicted molar refractivity (Wildman–Crippen MR) is 120 cm³/mol. The number of hydrogen-bond acceptors (Lipinski definition) is 4. The van der Waals surface area contributed by atoms with E-state index in [1.54, 1.807) is 11.3 Å². The summed E-state index contributed by atoms with van der Waals surface area (Å²) in [6.07, 6.45) is 4.68. The van der Waals surface area contributed by atoms with Gasteiger partial charge >= 0.3 is 0 Å².